The molecule has 8 heteroatoms. The van der Waals surface area contributed by atoms with Gasteiger partial charge in [-0.25, -0.2) is 4.98 Å². The first kappa shape index (κ1) is 26.5. The second-order valence-electron chi connectivity index (χ2n) is 10.8. The van der Waals surface area contributed by atoms with E-state index in [4.69, 9.17) is 9.72 Å². The molecule has 7 nitrogen and oxygen atoms in total. The summed E-state index contributed by atoms with van der Waals surface area (Å²) in [5.74, 6) is 1.15. The number of ether oxygens (including phenoxy) is 1. The van der Waals surface area contributed by atoms with E-state index in [1.54, 1.807) is 18.6 Å². The minimum atomic E-state index is 0. The summed E-state index contributed by atoms with van der Waals surface area (Å²) in [6.07, 6.45) is 10.9. The van der Waals surface area contributed by atoms with Gasteiger partial charge in [0.15, 0.2) is 0 Å². The smallest absolute Gasteiger partial charge is 0.497 e. The summed E-state index contributed by atoms with van der Waals surface area (Å²) in [4.78, 5) is 18.4. The normalized spacial score (nSPS) is 11.7. The quantitative estimate of drug-likeness (QED) is 0.135. The molecule has 0 saturated carbocycles. The second kappa shape index (κ2) is 9.97. The van der Waals surface area contributed by atoms with E-state index in [0.29, 0.717) is 11.5 Å². The number of benzene rings is 4. The molecule has 9 aromatic rings. The Morgan fingerprint density at radius 1 is 0.614 bits per heavy atom. The minimum Gasteiger partial charge on any atom is -0.497 e. The Morgan fingerprint density at radius 3 is 2.00 bits per heavy atom. The minimum absolute atomic E-state index is 0. The predicted octanol–water partition coefficient (Wildman–Crippen LogP) is 8.06. The van der Waals surface area contributed by atoms with Gasteiger partial charge in [0.2, 0.25) is 0 Å². The molecule has 4 aromatic carbocycles. The van der Waals surface area contributed by atoms with Crippen LogP contribution in [-0.2, 0) is 21.1 Å². The van der Waals surface area contributed by atoms with E-state index in [1.807, 2.05) is 41.2 Å². The summed E-state index contributed by atoms with van der Waals surface area (Å²) >= 11 is 0. The van der Waals surface area contributed by atoms with E-state index >= 15 is 0 Å². The molecule has 0 N–H and O–H groups in total. The van der Waals surface area contributed by atoms with Gasteiger partial charge in [-0.2, -0.15) is 0 Å². The van der Waals surface area contributed by atoms with Crippen LogP contribution in [0, 0.1) is 26.0 Å². The molecule has 9 rings (SSSR count). The molecule has 0 radical (unpaired) electrons. The Morgan fingerprint density at radius 2 is 1.23 bits per heavy atom. The SMILES string of the molecule is Cc1cccc(C)c1-c1ccc2c3ccc(Oc4[c-]c5c(cc4)c4nccnc4n4ccnc54)[c-]c3c3nccn3c2c1.[Pt+2]. The number of rotatable bonds is 3. The molecule has 0 aliphatic rings. The van der Waals surface area contributed by atoms with Crippen molar-refractivity contribution in [2.75, 3.05) is 0 Å². The van der Waals surface area contributed by atoms with Crippen LogP contribution in [0.4, 0.5) is 0 Å². The molecular weight excluding hydrogens is 728 g/mol. The predicted molar refractivity (Wildman–Crippen MR) is 169 cm³/mol. The summed E-state index contributed by atoms with van der Waals surface area (Å²) in [6.45, 7) is 4.33. The third-order valence-electron chi connectivity index (χ3n) is 8.27. The molecule has 0 aliphatic carbocycles. The van der Waals surface area contributed by atoms with E-state index in [1.165, 1.54) is 22.3 Å². The van der Waals surface area contributed by atoms with Gasteiger partial charge in [-0.05, 0) is 47.6 Å². The molecule has 0 bridgehead atoms. The summed E-state index contributed by atoms with van der Waals surface area (Å²) in [5.41, 5.74) is 9.21. The number of pyridine rings is 2. The topological polar surface area (TPSA) is 69.6 Å². The summed E-state index contributed by atoms with van der Waals surface area (Å²) in [7, 11) is 0. The average Bonchev–Trinajstić information content (AvgIpc) is 3.73. The van der Waals surface area contributed by atoms with Crippen LogP contribution in [0.3, 0.4) is 0 Å². The maximum atomic E-state index is 6.35. The average molecular weight is 750 g/mol. The maximum Gasteiger partial charge on any atom is 2.00 e. The Bertz CT molecular complexity index is 2570. The number of fused-ring (bicyclic) bond motifs is 12. The molecule has 44 heavy (non-hydrogen) atoms. The van der Waals surface area contributed by atoms with Gasteiger partial charge in [0.05, 0.1) is 16.8 Å². The third kappa shape index (κ3) is 3.86. The van der Waals surface area contributed by atoms with E-state index in [2.05, 4.69) is 87.8 Å². The van der Waals surface area contributed by atoms with Crippen LogP contribution in [0.2, 0.25) is 0 Å². The van der Waals surface area contributed by atoms with Crippen molar-refractivity contribution in [3.8, 4) is 22.6 Å². The fraction of sp³-hybridized carbons (Fsp3) is 0.0556. The van der Waals surface area contributed by atoms with Crippen molar-refractivity contribution in [3.63, 3.8) is 0 Å². The van der Waals surface area contributed by atoms with E-state index in [0.717, 1.165) is 54.9 Å². The summed E-state index contributed by atoms with van der Waals surface area (Å²) in [6, 6.07) is 28.0. The van der Waals surface area contributed by atoms with E-state index in [9.17, 15) is 0 Å². The largest absolute Gasteiger partial charge is 2.00 e. The van der Waals surface area contributed by atoms with Gasteiger partial charge in [-0.15, -0.1) is 12.1 Å². The van der Waals surface area contributed by atoms with Crippen molar-refractivity contribution in [1.29, 1.82) is 0 Å². The van der Waals surface area contributed by atoms with Crippen molar-refractivity contribution in [2.45, 2.75) is 13.8 Å². The molecule has 0 atom stereocenters. The summed E-state index contributed by atoms with van der Waals surface area (Å²) in [5, 5.41) is 4.83. The number of nitrogens with zero attached hydrogens (tertiary/aromatic N) is 6. The first-order chi connectivity index (χ1) is 21.1. The van der Waals surface area contributed by atoms with Gasteiger partial charge in [0.1, 0.15) is 5.65 Å². The fourth-order valence-electron chi connectivity index (χ4n) is 6.38. The molecule has 0 amide bonds. The zero-order valence-electron chi connectivity index (χ0n) is 23.6. The second-order valence-corrected chi connectivity index (χ2v) is 10.8. The summed E-state index contributed by atoms with van der Waals surface area (Å²) < 4.78 is 10.4. The van der Waals surface area contributed by atoms with Crippen LogP contribution in [0.25, 0.3) is 66.0 Å². The first-order valence-electron chi connectivity index (χ1n) is 14.0. The van der Waals surface area contributed by atoms with Crippen molar-refractivity contribution < 1.29 is 25.8 Å². The molecule has 212 valence electrons. The fourth-order valence-corrected chi connectivity index (χ4v) is 6.38. The van der Waals surface area contributed by atoms with E-state index < -0.39 is 0 Å². The Labute approximate surface area is 266 Å². The molecule has 0 aliphatic heterocycles. The van der Waals surface area contributed by atoms with E-state index in [-0.39, 0.29) is 21.1 Å². The zero-order chi connectivity index (χ0) is 28.7. The molecule has 0 unspecified atom stereocenters. The molecule has 0 spiro atoms. The monoisotopic (exact) mass is 749 g/mol. The molecule has 0 saturated heterocycles. The molecular formula is C36H22N6OPt. The van der Waals surface area contributed by atoms with Crippen molar-refractivity contribution in [1.82, 2.24) is 28.7 Å². The van der Waals surface area contributed by atoms with Crippen LogP contribution in [0.15, 0.2) is 97.8 Å². The van der Waals surface area contributed by atoms with Crippen molar-refractivity contribution in [3.05, 3.63) is 121 Å². The van der Waals surface area contributed by atoms with Gasteiger partial charge < -0.3 is 13.5 Å². The Balaban J connectivity index is 0.00000289. The number of hydrogen-bond donors (Lipinski definition) is 0. The first-order valence-corrected chi connectivity index (χ1v) is 14.0. The Kier molecular flexibility index (Phi) is 6.00. The van der Waals surface area contributed by atoms with Crippen LogP contribution in [0.5, 0.6) is 11.5 Å². The van der Waals surface area contributed by atoms with Crippen LogP contribution in [-0.4, -0.2) is 28.7 Å². The van der Waals surface area contributed by atoms with Gasteiger partial charge in [-0.1, -0.05) is 76.1 Å². The Hall–Kier alpha value is -5.13. The number of aromatic nitrogens is 6. The maximum absolute atomic E-state index is 6.35. The van der Waals surface area contributed by atoms with Gasteiger partial charge >= 0.3 is 21.1 Å². The van der Waals surface area contributed by atoms with Crippen molar-refractivity contribution in [2.24, 2.45) is 0 Å². The van der Waals surface area contributed by atoms with Gasteiger partial charge in [0.25, 0.3) is 0 Å². The molecule has 0 fully saturated rings. The third-order valence-corrected chi connectivity index (χ3v) is 8.27. The standard InChI is InChI=1S/C36H22N6O.Pt/c1-21-4-3-5-22(2)32(21)23-6-9-27-26-10-7-24(19-29(26)34-39-14-16-41(34)31(27)18-23)43-25-8-11-28-30(20-25)35-40-15-17-42(35)36-33(28)37-12-13-38-36;/h3-18H,1-2H3;/q-2;+2. The van der Waals surface area contributed by atoms with Gasteiger partial charge in [-0.3, -0.25) is 15.0 Å². The van der Waals surface area contributed by atoms with Crippen LogP contribution >= 0.6 is 0 Å². The molecule has 5 aromatic heterocycles. The number of aryl methyl sites for hydroxylation is 2. The number of imidazole rings is 2. The van der Waals surface area contributed by atoms with Crippen molar-refractivity contribution >= 4 is 54.9 Å². The van der Waals surface area contributed by atoms with Gasteiger partial charge in [0, 0.05) is 54.2 Å². The van der Waals surface area contributed by atoms with Crippen LogP contribution in [0.1, 0.15) is 11.1 Å². The molecule has 5 heterocycles. The van der Waals surface area contributed by atoms with Crippen LogP contribution < -0.4 is 4.74 Å². The zero-order valence-corrected chi connectivity index (χ0v) is 25.9. The number of hydrogen-bond acceptors (Lipinski definition) is 5.